The number of amides is 1. The van der Waals surface area contributed by atoms with E-state index in [4.69, 9.17) is 13.8 Å². The Morgan fingerprint density at radius 1 is 0.493 bits per heavy atom. The van der Waals surface area contributed by atoms with Gasteiger partial charge in [-0.1, -0.05) is 233 Å². The number of hydrogen-bond donors (Lipinski definition) is 1. The monoisotopic (exact) mass is 1060 g/mol. The quantitative estimate of drug-likeness (QED) is 0.0161. The van der Waals surface area contributed by atoms with Crippen LogP contribution in [0.5, 0.6) is 0 Å². The summed E-state index contributed by atoms with van der Waals surface area (Å²) in [6.45, 7) is 6.54. The molecule has 0 fully saturated rings. The van der Waals surface area contributed by atoms with Crippen molar-refractivity contribution in [3.05, 3.63) is 122 Å². The largest absolute Gasteiger partial charge is 0.756 e. The fraction of sp³-hybridized carbons (Fsp3) is 0.662. The van der Waals surface area contributed by atoms with E-state index in [-0.39, 0.29) is 24.9 Å². The second kappa shape index (κ2) is 53.8. The average Bonchev–Trinajstić information content (AvgIpc) is 3.37. The zero-order chi connectivity index (χ0) is 55.0. The maximum Gasteiger partial charge on any atom is 0.306 e. The molecule has 0 radical (unpaired) electrons. The SMILES string of the molecule is CC/C=C\C/C=C\C/C=C\C/C=C\C/C=C\C/C=C\CCCCCCC(=O)OC(/C=C\CCCCCCCCCCC)C(COP(=O)([O-])OCC[N+](C)(C)C)NC(=O)CCCCCCCCC/C=C/C=C/C=C/CC. The lowest BCUT2D eigenvalue weighted by Crippen LogP contribution is -2.47. The molecule has 0 spiro atoms. The molecule has 1 amide bonds. The number of esters is 1. The Hall–Kier alpha value is -3.59. The molecule has 0 aromatic rings. The van der Waals surface area contributed by atoms with Crippen molar-refractivity contribution < 1.29 is 37.3 Å². The molecule has 0 bridgehead atoms. The molecule has 0 aliphatic heterocycles. The predicted octanol–water partition coefficient (Wildman–Crippen LogP) is 17.7. The minimum Gasteiger partial charge on any atom is -0.756 e. The van der Waals surface area contributed by atoms with Gasteiger partial charge in [-0.25, -0.2) is 0 Å². The van der Waals surface area contributed by atoms with Gasteiger partial charge in [0.1, 0.15) is 19.3 Å². The van der Waals surface area contributed by atoms with Crippen LogP contribution in [0.15, 0.2) is 122 Å². The molecule has 9 nitrogen and oxygen atoms in total. The molecule has 10 heteroatoms. The summed E-state index contributed by atoms with van der Waals surface area (Å²) in [4.78, 5) is 39.9. The summed E-state index contributed by atoms with van der Waals surface area (Å²) < 4.78 is 30.2. The van der Waals surface area contributed by atoms with E-state index in [9.17, 15) is 19.0 Å². The first-order valence-electron chi connectivity index (χ1n) is 29.9. The zero-order valence-electron chi connectivity index (χ0n) is 48.7. The number of phosphoric ester groups is 1. The van der Waals surface area contributed by atoms with Crippen LogP contribution in [0.25, 0.3) is 0 Å². The Morgan fingerprint density at radius 2 is 0.920 bits per heavy atom. The number of rotatable bonds is 52. The van der Waals surface area contributed by atoms with Crippen LogP contribution < -0.4 is 10.2 Å². The Kier molecular flexibility index (Phi) is 51.2. The molecule has 3 atom stereocenters. The van der Waals surface area contributed by atoms with Gasteiger partial charge in [0.05, 0.1) is 33.8 Å². The highest BCUT2D eigenvalue weighted by Gasteiger charge is 2.27. The van der Waals surface area contributed by atoms with Crippen LogP contribution in [-0.2, 0) is 27.9 Å². The van der Waals surface area contributed by atoms with Crippen molar-refractivity contribution in [1.29, 1.82) is 0 Å². The van der Waals surface area contributed by atoms with Crippen LogP contribution in [0.2, 0.25) is 0 Å². The second-order valence-electron chi connectivity index (χ2n) is 20.8. The summed E-state index contributed by atoms with van der Waals surface area (Å²) in [7, 11) is 1.14. The van der Waals surface area contributed by atoms with Crippen molar-refractivity contribution in [3.63, 3.8) is 0 Å². The van der Waals surface area contributed by atoms with Crippen LogP contribution in [0.1, 0.15) is 226 Å². The third-order valence-electron chi connectivity index (χ3n) is 12.4. The summed E-state index contributed by atoms with van der Waals surface area (Å²) >= 11 is 0. The number of nitrogens with one attached hydrogen (secondary N) is 1. The highest BCUT2D eigenvalue weighted by molar-refractivity contribution is 7.45. The van der Waals surface area contributed by atoms with Crippen LogP contribution >= 0.6 is 7.82 Å². The molecule has 0 saturated carbocycles. The van der Waals surface area contributed by atoms with Gasteiger partial charge in [0, 0.05) is 12.8 Å². The number of carbonyl (C=O) groups is 2. The third kappa shape index (κ3) is 55.0. The first kappa shape index (κ1) is 71.4. The maximum absolute atomic E-state index is 13.5. The smallest absolute Gasteiger partial charge is 0.306 e. The number of unbranched alkanes of at least 4 members (excludes halogenated alkanes) is 20. The Bertz CT molecular complexity index is 1700. The second-order valence-corrected chi connectivity index (χ2v) is 22.2. The Labute approximate surface area is 461 Å². The minimum absolute atomic E-state index is 0.0361. The van der Waals surface area contributed by atoms with Crippen molar-refractivity contribution in [2.24, 2.45) is 0 Å². The van der Waals surface area contributed by atoms with Gasteiger partial charge in [-0.3, -0.25) is 14.2 Å². The molecule has 1 N–H and O–H groups in total. The van der Waals surface area contributed by atoms with Crippen molar-refractivity contribution in [2.45, 2.75) is 238 Å². The van der Waals surface area contributed by atoms with Crippen molar-refractivity contribution in [3.8, 4) is 0 Å². The number of phosphoric acid groups is 1. The number of carbonyl (C=O) groups excluding carboxylic acids is 2. The molecular weight excluding hydrogens is 952 g/mol. The zero-order valence-corrected chi connectivity index (χ0v) is 49.6. The highest BCUT2D eigenvalue weighted by Crippen LogP contribution is 2.38. The number of hydrogen-bond acceptors (Lipinski definition) is 7. The van der Waals surface area contributed by atoms with Crippen molar-refractivity contribution >= 4 is 19.7 Å². The lowest BCUT2D eigenvalue weighted by Gasteiger charge is -2.30. The van der Waals surface area contributed by atoms with Crippen LogP contribution in [0, 0.1) is 0 Å². The molecule has 428 valence electrons. The van der Waals surface area contributed by atoms with E-state index in [2.05, 4.69) is 135 Å². The summed E-state index contributed by atoms with van der Waals surface area (Å²) in [6, 6.07) is -0.913. The first-order valence-corrected chi connectivity index (χ1v) is 31.3. The van der Waals surface area contributed by atoms with E-state index in [1.807, 2.05) is 33.3 Å². The van der Waals surface area contributed by atoms with Gasteiger partial charge in [0.15, 0.2) is 0 Å². The van der Waals surface area contributed by atoms with E-state index >= 15 is 0 Å². The van der Waals surface area contributed by atoms with Crippen LogP contribution in [0.4, 0.5) is 0 Å². The first-order chi connectivity index (χ1) is 36.4. The summed E-state index contributed by atoms with van der Waals surface area (Å²) in [5.74, 6) is -0.595. The van der Waals surface area contributed by atoms with E-state index in [1.54, 1.807) is 0 Å². The average molecular weight is 1060 g/mol. The lowest BCUT2D eigenvalue weighted by atomic mass is 10.1. The van der Waals surface area contributed by atoms with Gasteiger partial charge in [-0.05, 0) is 102 Å². The molecule has 0 heterocycles. The third-order valence-corrected chi connectivity index (χ3v) is 13.4. The topological polar surface area (TPSA) is 114 Å². The predicted molar refractivity (Wildman–Crippen MR) is 320 cm³/mol. The number of quaternary nitrogens is 1. The van der Waals surface area contributed by atoms with Crippen molar-refractivity contribution in [1.82, 2.24) is 5.32 Å². The normalized spacial score (nSPS) is 14.6. The Balaban J connectivity index is 5.30. The van der Waals surface area contributed by atoms with E-state index in [0.29, 0.717) is 30.3 Å². The van der Waals surface area contributed by atoms with Crippen LogP contribution in [-0.4, -0.2) is 69.4 Å². The summed E-state index contributed by atoms with van der Waals surface area (Å²) in [5, 5.41) is 3.00. The van der Waals surface area contributed by atoms with Gasteiger partial charge < -0.3 is 28.5 Å². The summed E-state index contributed by atoms with van der Waals surface area (Å²) in [5.41, 5.74) is 0. The van der Waals surface area contributed by atoms with Gasteiger partial charge in [0.25, 0.3) is 7.82 Å². The van der Waals surface area contributed by atoms with Gasteiger partial charge in [-0.2, -0.15) is 0 Å². The van der Waals surface area contributed by atoms with Crippen LogP contribution in [0.3, 0.4) is 0 Å². The molecule has 0 rings (SSSR count). The van der Waals surface area contributed by atoms with Gasteiger partial charge in [-0.15, -0.1) is 0 Å². The number of nitrogens with zero attached hydrogens (tertiary/aromatic N) is 1. The minimum atomic E-state index is -4.71. The van der Waals surface area contributed by atoms with E-state index < -0.39 is 26.6 Å². The molecule has 0 aromatic heterocycles. The standard InChI is InChI=1S/C65H111N2O7P/c1-7-10-13-16-19-22-25-27-29-30-31-32-33-34-35-36-38-40-43-46-49-52-55-58-65(69)74-63(56-53-50-47-44-41-24-21-18-15-12-9-3)62(61-73-75(70,71)72-60-59-67(4,5)6)66-64(68)57-54-51-48-45-42-39-37-28-26-23-20-17-14-11-8-2/h10-11,13-14,17,19-20,22-23,26-27,29,31-32,34-35,38,40,53,56,62-63H,7-9,12,15-16,18,21,24-25,28,30,33,36-37,39,41-52,54-55,57-61H2,1-6H3,(H-,66,68,70,71)/b13-10-,14-11+,20-17+,22-19-,26-23+,29-27-,32-31-,35-34-,40-38-,56-53-. The lowest BCUT2D eigenvalue weighted by molar-refractivity contribution is -0.870. The molecular formula is C65H111N2O7P. The molecule has 75 heavy (non-hydrogen) atoms. The molecule has 0 saturated heterocycles. The maximum atomic E-state index is 13.5. The highest BCUT2D eigenvalue weighted by atomic mass is 31.2. The van der Waals surface area contributed by atoms with E-state index in [0.717, 1.165) is 116 Å². The molecule has 0 aliphatic rings. The van der Waals surface area contributed by atoms with Gasteiger partial charge in [0.2, 0.25) is 5.91 Å². The fourth-order valence-corrected chi connectivity index (χ4v) is 8.60. The number of likely N-dealkylation sites (N-methyl/N-ethyl adjacent to an activating group) is 1. The molecule has 3 unspecified atom stereocenters. The van der Waals surface area contributed by atoms with E-state index in [1.165, 1.54) is 64.2 Å². The Morgan fingerprint density at radius 3 is 1.43 bits per heavy atom. The van der Waals surface area contributed by atoms with Gasteiger partial charge >= 0.3 is 5.97 Å². The molecule has 0 aromatic carbocycles. The fourth-order valence-electron chi connectivity index (χ4n) is 7.88. The molecule has 0 aliphatic carbocycles. The number of allylic oxidation sites excluding steroid dienone is 19. The van der Waals surface area contributed by atoms with Crippen molar-refractivity contribution in [2.75, 3.05) is 40.9 Å². The summed E-state index contributed by atoms with van der Waals surface area (Å²) in [6.07, 6.45) is 74.5. The number of ether oxygens (including phenoxy) is 1.